The Labute approximate surface area is 194 Å². The Balaban J connectivity index is 1.97. The molecular weight excluding hydrogens is 451 g/mol. The van der Waals surface area contributed by atoms with Crippen molar-refractivity contribution in [3.8, 4) is 5.88 Å². The van der Waals surface area contributed by atoms with E-state index >= 15 is 0 Å². The van der Waals surface area contributed by atoms with Crippen molar-refractivity contribution < 1.29 is 32.2 Å². The lowest BCUT2D eigenvalue weighted by atomic mass is 10.0. The van der Waals surface area contributed by atoms with Gasteiger partial charge in [0, 0.05) is 11.3 Å². The molecule has 0 amide bonds. The van der Waals surface area contributed by atoms with E-state index in [9.17, 15) is 18.0 Å². The molecule has 0 unspecified atom stereocenters. The van der Waals surface area contributed by atoms with Crippen LogP contribution in [0.4, 0.5) is 24.8 Å². The van der Waals surface area contributed by atoms with Crippen LogP contribution in [0.5, 0.6) is 5.88 Å². The number of aromatic nitrogens is 2. The number of alkyl halides is 3. The number of methoxy groups -OCH3 is 2. The first-order chi connectivity index (χ1) is 16.2. The summed E-state index contributed by atoms with van der Waals surface area (Å²) in [5.74, 6) is -1.14. The van der Waals surface area contributed by atoms with Gasteiger partial charge in [0.25, 0.3) is 0 Å². The zero-order valence-corrected chi connectivity index (χ0v) is 18.6. The lowest BCUT2D eigenvalue weighted by Gasteiger charge is -2.17. The summed E-state index contributed by atoms with van der Waals surface area (Å²) in [5.41, 5.74) is 0.235. The first kappa shape index (κ1) is 24.6. The van der Waals surface area contributed by atoms with Crippen LogP contribution in [0, 0.1) is 6.92 Å². The Morgan fingerprint density at radius 3 is 2.35 bits per heavy atom. The van der Waals surface area contributed by atoms with Crippen LogP contribution in [-0.2, 0) is 27.1 Å². The van der Waals surface area contributed by atoms with Gasteiger partial charge in [0.05, 0.1) is 20.5 Å². The molecule has 0 aliphatic carbocycles. The summed E-state index contributed by atoms with van der Waals surface area (Å²) >= 11 is 0. The SMILES string of the molecule is CO/C=C(/C(=O)OC)c1ccccc1COc1nc(Nc2ccccc2)nc(C(F)(F)F)c1C. The van der Waals surface area contributed by atoms with Crippen LogP contribution < -0.4 is 10.1 Å². The second-order valence-corrected chi connectivity index (χ2v) is 7.02. The van der Waals surface area contributed by atoms with Gasteiger partial charge in [0.1, 0.15) is 12.2 Å². The highest BCUT2D eigenvalue weighted by Gasteiger charge is 2.37. The molecule has 2 aromatic carbocycles. The van der Waals surface area contributed by atoms with Gasteiger partial charge >= 0.3 is 12.1 Å². The second kappa shape index (κ2) is 10.7. The molecule has 0 spiro atoms. The van der Waals surface area contributed by atoms with Crippen LogP contribution in [0.25, 0.3) is 5.57 Å². The van der Waals surface area contributed by atoms with E-state index in [1.807, 2.05) is 0 Å². The fraction of sp³-hybridized carbons (Fsp3) is 0.208. The Hall–Kier alpha value is -4.08. The maximum absolute atomic E-state index is 13.6. The molecule has 7 nitrogen and oxygen atoms in total. The van der Waals surface area contributed by atoms with Crippen LogP contribution in [0.15, 0.2) is 60.9 Å². The summed E-state index contributed by atoms with van der Waals surface area (Å²) in [5, 5.41) is 2.76. The molecule has 0 atom stereocenters. The van der Waals surface area contributed by atoms with Crippen molar-refractivity contribution in [2.24, 2.45) is 0 Å². The van der Waals surface area contributed by atoms with Crippen LogP contribution in [-0.4, -0.2) is 30.2 Å². The first-order valence-electron chi connectivity index (χ1n) is 10.0. The molecule has 34 heavy (non-hydrogen) atoms. The average molecular weight is 473 g/mol. The lowest BCUT2D eigenvalue weighted by molar-refractivity contribution is -0.141. The third-order valence-electron chi connectivity index (χ3n) is 4.71. The summed E-state index contributed by atoms with van der Waals surface area (Å²) in [6.07, 6.45) is -3.49. The minimum Gasteiger partial charge on any atom is -0.503 e. The zero-order valence-electron chi connectivity index (χ0n) is 18.6. The van der Waals surface area contributed by atoms with E-state index in [-0.39, 0.29) is 29.6 Å². The van der Waals surface area contributed by atoms with E-state index in [0.717, 1.165) is 0 Å². The number of nitrogens with one attached hydrogen (secondary N) is 1. The highest BCUT2D eigenvalue weighted by Crippen LogP contribution is 2.35. The maximum atomic E-state index is 13.6. The van der Waals surface area contributed by atoms with E-state index in [2.05, 4.69) is 15.3 Å². The highest BCUT2D eigenvalue weighted by molar-refractivity contribution is 6.16. The van der Waals surface area contributed by atoms with Gasteiger partial charge in [-0.15, -0.1) is 0 Å². The summed E-state index contributed by atoms with van der Waals surface area (Å²) in [4.78, 5) is 20.0. The third kappa shape index (κ3) is 5.83. The molecule has 0 aliphatic rings. The van der Waals surface area contributed by atoms with Gasteiger partial charge < -0.3 is 19.5 Å². The largest absolute Gasteiger partial charge is 0.503 e. The fourth-order valence-corrected chi connectivity index (χ4v) is 3.12. The lowest BCUT2D eigenvalue weighted by Crippen LogP contribution is -2.15. The minimum atomic E-state index is -4.71. The quantitative estimate of drug-likeness (QED) is 0.271. The molecule has 0 fully saturated rings. The number of esters is 1. The van der Waals surface area contributed by atoms with Crippen LogP contribution in [0.1, 0.15) is 22.4 Å². The molecular formula is C24H22F3N3O4. The molecule has 1 N–H and O–H groups in total. The molecule has 10 heteroatoms. The molecule has 0 aliphatic heterocycles. The molecule has 0 radical (unpaired) electrons. The van der Waals surface area contributed by atoms with Crippen molar-refractivity contribution in [3.63, 3.8) is 0 Å². The Morgan fingerprint density at radius 2 is 1.71 bits per heavy atom. The van der Waals surface area contributed by atoms with Crippen LogP contribution >= 0.6 is 0 Å². The van der Waals surface area contributed by atoms with Crippen molar-refractivity contribution in [1.29, 1.82) is 0 Å². The Kier molecular flexibility index (Phi) is 7.72. The second-order valence-electron chi connectivity index (χ2n) is 7.02. The summed E-state index contributed by atoms with van der Waals surface area (Å²) in [6, 6.07) is 15.3. The first-order valence-corrected chi connectivity index (χ1v) is 10.0. The van der Waals surface area contributed by atoms with Gasteiger partial charge in [-0.25, -0.2) is 9.78 Å². The number of para-hydroxylation sites is 1. The molecule has 178 valence electrons. The van der Waals surface area contributed by atoms with Gasteiger partial charge in [0.15, 0.2) is 5.69 Å². The molecule has 0 bridgehead atoms. The standard InChI is InChI=1S/C24H22F3N3O4/c1-15-20(24(25,26)27)29-23(28-17-10-5-4-6-11-17)30-21(15)34-13-16-9-7-8-12-18(16)19(14-32-2)22(31)33-3/h4-12,14H,13H2,1-3H3,(H,28,29,30)/b19-14+. The van der Waals surface area contributed by atoms with Gasteiger partial charge in [-0.05, 0) is 30.2 Å². The predicted octanol–water partition coefficient (Wildman–Crippen LogP) is 5.29. The van der Waals surface area contributed by atoms with Gasteiger partial charge in [-0.1, -0.05) is 42.5 Å². The topological polar surface area (TPSA) is 82.6 Å². The van der Waals surface area contributed by atoms with Crippen molar-refractivity contribution in [1.82, 2.24) is 9.97 Å². The highest BCUT2D eigenvalue weighted by atomic mass is 19.4. The number of anilines is 2. The minimum absolute atomic E-state index is 0.131. The summed E-state index contributed by atoms with van der Waals surface area (Å²) < 4.78 is 56.4. The number of hydrogen-bond donors (Lipinski definition) is 1. The van der Waals surface area contributed by atoms with Crippen molar-refractivity contribution in [2.45, 2.75) is 19.7 Å². The average Bonchev–Trinajstić information content (AvgIpc) is 2.82. The maximum Gasteiger partial charge on any atom is 0.433 e. The van der Waals surface area contributed by atoms with E-state index < -0.39 is 17.8 Å². The van der Waals surface area contributed by atoms with E-state index in [0.29, 0.717) is 16.8 Å². The Bertz CT molecular complexity index is 1180. The van der Waals surface area contributed by atoms with Crippen LogP contribution in [0.3, 0.4) is 0 Å². The van der Waals surface area contributed by atoms with Gasteiger partial charge in [-0.2, -0.15) is 18.2 Å². The number of carbonyl (C=O) groups excluding carboxylic acids is 1. The number of carbonyl (C=O) groups is 1. The number of hydrogen-bond acceptors (Lipinski definition) is 7. The van der Waals surface area contributed by atoms with Crippen molar-refractivity contribution in [2.75, 3.05) is 19.5 Å². The molecule has 0 saturated heterocycles. The van der Waals surface area contributed by atoms with E-state index in [1.54, 1.807) is 54.6 Å². The molecule has 1 aromatic heterocycles. The van der Waals surface area contributed by atoms with Gasteiger partial charge in [-0.3, -0.25) is 0 Å². The normalized spacial score (nSPS) is 11.6. The molecule has 0 saturated carbocycles. The van der Waals surface area contributed by atoms with Crippen molar-refractivity contribution >= 4 is 23.2 Å². The third-order valence-corrected chi connectivity index (χ3v) is 4.71. The summed E-state index contributed by atoms with van der Waals surface area (Å²) in [7, 11) is 2.61. The van der Waals surface area contributed by atoms with Crippen molar-refractivity contribution in [3.05, 3.63) is 83.2 Å². The van der Waals surface area contributed by atoms with Crippen LogP contribution in [0.2, 0.25) is 0 Å². The number of benzene rings is 2. The monoisotopic (exact) mass is 473 g/mol. The number of ether oxygens (including phenoxy) is 3. The van der Waals surface area contributed by atoms with E-state index in [1.165, 1.54) is 27.4 Å². The number of halogens is 3. The molecule has 3 aromatic rings. The number of rotatable bonds is 8. The zero-order chi connectivity index (χ0) is 24.7. The smallest absolute Gasteiger partial charge is 0.433 e. The molecule has 1 heterocycles. The molecule has 3 rings (SSSR count). The fourth-order valence-electron chi connectivity index (χ4n) is 3.12. The Morgan fingerprint density at radius 1 is 1.03 bits per heavy atom. The predicted molar refractivity (Wildman–Crippen MR) is 119 cm³/mol. The number of nitrogens with zero attached hydrogens (tertiary/aromatic N) is 2. The van der Waals surface area contributed by atoms with E-state index in [4.69, 9.17) is 14.2 Å². The summed E-state index contributed by atoms with van der Waals surface area (Å²) in [6.45, 7) is 1.06. The van der Waals surface area contributed by atoms with Gasteiger partial charge in [0.2, 0.25) is 11.8 Å².